The third kappa shape index (κ3) is 1.51. The van der Waals surface area contributed by atoms with E-state index in [-0.39, 0.29) is 5.84 Å². The summed E-state index contributed by atoms with van der Waals surface area (Å²) >= 11 is 4.09. The predicted molar refractivity (Wildman–Crippen MR) is 44.7 cm³/mol. The Bertz CT molecular complexity index is 240. The third-order valence-electron chi connectivity index (χ3n) is 1.18. The van der Waals surface area contributed by atoms with E-state index in [2.05, 4.69) is 12.6 Å². The van der Waals surface area contributed by atoms with E-state index in [0.29, 0.717) is 0 Å². The monoisotopic (exact) mass is 152 g/mol. The first-order valence-corrected chi connectivity index (χ1v) is 3.28. The molecule has 52 valence electrons. The SMILES string of the molecule is N=C(N)c1ccc(S)cc1. The van der Waals surface area contributed by atoms with E-state index >= 15 is 0 Å². The van der Waals surface area contributed by atoms with E-state index in [1.54, 1.807) is 24.3 Å². The smallest absolute Gasteiger partial charge is 0.122 e. The van der Waals surface area contributed by atoms with Crippen LogP contribution in [-0.2, 0) is 0 Å². The summed E-state index contributed by atoms with van der Waals surface area (Å²) in [7, 11) is 0. The second-order valence-electron chi connectivity index (χ2n) is 1.96. The number of thiol groups is 1. The summed E-state index contributed by atoms with van der Waals surface area (Å²) in [5, 5.41) is 7.06. The predicted octanol–water partition coefficient (Wildman–Crippen LogP) is 1.26. The molecule has 10 heavy (non-hydrogen) atoms. The van der Waals surface area contributed by atoms with Crippen LogP contribution in [0.4, 0.5) is 0 Å². The van der Waals surface area contributed by atoms with Gasteiger partial charge in [0.1, 0.15) is 5.84 Å². The molecule has 0 bridgehead atoms. The van der Waals surface area contributed by atoms with Crippen molar-refractivity contribution in [3.63, 3.8) is 0 Å². The number of amidine groups is 1. The molecule has 0 aliphatic heterocycles. The van der Waals surface area contributed by atoms with Crippen molar-refractivity contribution < 1.29 is 0 Å². The van der Waals surface area contributed by atoms with Crippen molar-refractivity contribution in [2.45, 2.75) is 4.90 Å². The van der Waals surface area contributed by atoms with Gasteiger partial charge in [-0.05, 0) is 12.1 Å². The zero-order valence-electron chi connectivity index (χ0n) is 5.33. The molecule has 0 saturated heterocycles. The van der Waals surface area contributed by atoms with Crippen LogP contribution in [0.25, 0.3) is 0 Å². The molecule has 1 aromatic carbocycles. The summed E-state index contributed by atoms with van der Waals surface area (Å²) in [5.74, 6) is 0.0910. The molecule has 3 heteroatoms. The van der Waals surface area contributed by atoms with Crippen molar-refractivity contribution in [2.24, 2.45) is 5.73 Å². The first-order valence-electron chi connectivity index (χ1n) is 2.83. The lowest BCUT2D eigenvalue weighted by Gasteiger charge is -1.96. The molecule has 0 spiro atoms. The Hall–Kier alpha value is -0.960. The molecule has 0 heterocycles. The Morgan fingerprint density at radius 2 is 1.80 bits per heavy atom. The van der Waals surface area contributed by atoms with Gasteiger partial charge in [0.05, 0.1) is 0 Å². The van der Waals surface area contributed by atoms with Crippen LogP contribution in [0.15, 0.2) is 29.2 Å². The number of hydrogen-bond donors (Lipinski definition) is 3. The fraction of sp³-hybridized carbons (Fsp3) is 0. The van der Waals surface area contributed by atoms with Crippen LogP contribution in [-0.4, -0.2) is 5.84 Å². The van der Waals surface area contributed by atoms with Crippen LogP contribution in [0.3, 0.4) is 0 Å². The van der Waals surface area contributed by atoms with Crippen molar-refractivity contribution in [2.75, 3.05) is 0 Å². The third-order valence-corrected chi connectivity index (χ3v) is 1.48. The molecule has 0 aliphatic rings. The molecule has 2 nitrogen and oxygen atoms in total. The minimum absolute atomic E-state index is 0.0910. The van der Waals surface area contributed by atoms with E-state index in [4.69, 9.17) is 11.1 Å². The van der Waals surface area contributed by atoms with Gasteiger partial charge in [0.25, 0.3) is 0 Å². The summed E-state index contributed by atoms with van der Waals surface area (Å²) in [6.45, 7) is 0. The van der Waals surface area contributed by atoms with Gasteiger partial charge in [-0.2, -0.15) is 0 Å². The van der Waals surface area contributed by atoms with Gasteiger partial charge in [0, 0.05) is 10.5 Å². The maximum atomic E-state index is 7.06. The van der Waals surface area contributed by atoms with Gasteiger partial charge in [-0.25, -0.2) is 0 Å². The zero-order valence-corrected chi connectivity index (χ0v) is 6.23. The minimum Gasteiger partial charge on any atom is -0.384 e. The maximum Gasteiger partial charge on any atom is 0.122 e. The van der Waals surface area contributed by atoms with Gasteiger partial charge >= 0.3 is 0 Å². The van der Waals surface area contributed by atoms with Crippen LogP contribution >= 0.6 is 12.6 Å². The van der Waals surface area contributed by atoms with Crippen LogP contribution < -0.4 is 5.73 Å². The maximum absolute atomic E-state index is 7.06. The summed E-state index contributed by atoms with van der Waals surface area (Å²) in [5.41, 5.74) is 5.96. The minimum atomic E-state index is 0.0910. The fourth-order valence-electron chi connectivity index (χ4n) is 0.641. The Morgan fingerprint density at radius 1 is 1.30 bits per heavy atom. The van der Waals surface area contributed by atoms with E-state index in [1.165, 1.54) is 0 Å². The van der Waals surface area contributed by atoms with Crippen LogP contribution in [0.5, 0.6) is 0 Å². The van der Waals surface area contributed by atoms with Crippen molar-refractivity contribution in [3.8, 4) is 0 Å². The Labute approximate surface area is 65.0 Å². The lowest BCUT2D eigenvalue weighted by Crippen LogP contribution is -2.10. The topological polar surface area (TPSA) is 49.9 Å². The average molecular weight is 152 g/mol. The van der Waals surface area contributed by atoms with Gasteiger partial charge in [-0.15, -0.1) is 12.6 Å². The largest absolute Gasteiger partial charge is 0.384 e. The quantitative estimate of drug-likeness (QED) is 0.317. The highest BCUT2D eigenvalue weighted by molar-refractivity contribution is 7.80. The molecule has 1 aromatic rings. The van der Waals surface area contributed by atoms with Crippen molar-refractivity contribution in [1.82, 2.24) is 0 Å². The summed E-state index contributed by atoms with van der Waals surface area (Å²) < 4.78 is 0. The molecule has 0 aliphatic carbocycles. The Morgan fingerprint density at radius 3 is 2.20 bits per heavy atom. The van der Waals surface area contributed by atoms with Crippen LogP contribution in [0, 0.1) is 5.41 Å². The van der Waals surface area contributed by atoms with Crippen LogP contribution in [0.1, 0.15) is 5.56 Å². The number of benzene rings is 1. The first kappa shape index (κ1) is 7.15. The molecule has 0 amide bonds. The van der Waals surface area contributed by atoms with Crippen LogP contribution in [0.2, 0.25) is 0 Å². The van der Waals surface area contributed by atoms with E-state index in [9.17, 15) is 0 Å². The highest BCUT2D eigenvalue weighted by Gasteiger charge is 1.92. The summed E-state index contributed by atoms with van der Waals surface area (Å²) in [6.07, 6.45) is 0. The summed E-state index contributed by atoms with van der Waals surface area (Å²) in [4.78, 5) is 0.880. The first-order chi connectivity index (χ1) is 4.70. The summed E-state index contributed by atoms with van der Waals surface area (Å²) in [6, 6.07) is 7.15. The van der Waals surface area contributed by atoms with E-state index in [0.717, 1.165) is 10.5 Å². The normalized spacial score (nSPS) is 9.30. The molecule has 0 atom stereocenters. The second kappa shape index (κ2) is 2.75. The molecule has 0 aromatic heterocycles. The highest BCUT2D eigenvalue weighted by Crippen LogP contribution is 2.06. The van der Waals surface area contributed by atoms with E-state index < -0.39 is 0 Å². The van der Waals surface area contributed by atoms with E-state index in [1.807, 2.05) is 0 Å². The molecule has 3 N–H and O–H groups in total. The van der Waals surface area contributed by atoms with Gasteiger partial charge in [0.2, 0.25) is 0 Å². The lowest BCUT2D eigenvalue weighted by atomic mass is 10.2. The van der Waals surface area contributed by atoms with Crippen molar-refractivity contribution in [3.05, 3.63) is 29.8 Å². The zero-order chi connectivity index (χ0) is 7.56. The van der Waals surface area contributed by atoms with Crippen molar-refractivity contribution in [1.29, 1.82) is 5.41 Å². The molecule has 0 radical (unpaired) electrons. The van der Waals surface area contributed by atoms with Gasteiger partial charge in [-0.1, -0.05) is 12.1 Å². The standard InChI is InChI=1S/C7H8N2S/c8-7(9)5-1-3-6(10)4-2-5/h1-4,10H,(H3,8,9). The average Bonchev–Trinajstić information content (AvgIpc) is 1.88. The fourth-order valence-corrected chi connectivity index (χ4v) is 0.790. The van der Waals surface area contributed by atoms with Gasteiger partial charge in [0.15, 0.2) is 0 Å². The van der Waals surface area contributed by atoms with Gasteiger partial charge in [-0.3, -0.25) is 5.41 Å². The number of nitrogen functional groups attached to an aromatic ring is 1. The Balaban J connectivity index is 3.00. The highest BCUT2D eigenvalue weighted by atomic mass is 32.1. The number of hydrogen-bond acceptors (Lipinski definition) is 2. The molecule has 0 fully saturated rings. The Kier molecular flexibility index (Phi) is 1.97. The number of nitrogens with two attached hydrogens (primary N) is 1. The number of nitrogens with one attached hydrogen (secondary N) is 1. The molecule has 0 unspecified atom stereocenters. The van der Waals surface area contributed by atoms with Gasteiger partial charge < -0.3 is 5.73 Å². The molecule has 1 rings (SSSR count). The molecule has 0 saturated carbocycles. The molecular weight excluding hydrogens is 144 g/mol. The molecular formula is C7H8N2S. The lowest BCUT2D eigenvalue weighted by molar-refractivity contribution is 1.39. The number of rotatable bonds is 1. The second-order valence-corrected chi connectivity index (χ2v) is 2.48. The van der Waals surface area contributed by atoms with Crippen molar-refractivity contribution >= 4 is 18.5 Å².